The minimum atomic E-state index is -1.52. The Kier molecular flexibility index (Phi) is 7.73. The minimum Gasteiger partial charge on any atom is -0.465 e. The van der Waals surface area contributed by atoms with Gasteiger partial charge in [0.15, 0.2) is 5.92 Å². The van der Waals surface area contributed by atoms with Crippen molar-refractivity contribution in [3.8, 4) is 11.5 Å². The van der Waals surface area contributed by atoms with E-state index in [1.54, 1.807) is 13.8 Å². The predicted molar refractivity (Wildman–Crippen MR) is 97.1 cm³/mol. The van der Waals surface area contributed by atoms with Gasteiger partial charge < -0.3 is 9.47 Å². The molecule has 0 unspecified atom stereocenters. The Morgan fingerprint density at radius 2 is 1.58 bits per heavy atom. The van der Waals surface area contributed by atoms with Crippen LogP contribution in [0, 0.1) is 17.4 Å². The first-order chi connectivity index (χ1) is 11.3. The van der Waals surface area contributed by atoms with Crippen LogP contribution in [0.2, 0.25) is 19.6 Å². The molecule has 0 aliphatic rings. The monoisotopic (exact) mass is 346 g/mol. The van der Waals surface area contributed by atoms with Crippen LogP contribution in [0.1, 0.15) is 25.0 Å². The summed E-state index contributed by atoms with van der Waals surface area (Å²) in [5.74, 6) is 1.15. The fourth-order valence-corrected chi connectivity index (χ4v) is 2.55. The first-order valence-corrected chi connectivity index (χ1v) is 11.7. The molecule has 1 rings (SSSR count). The van der Waals surface area contributed by atoms with E-state index < -0.39 is 25.9 Å². The quantitative estimate of drug-likeness (QED) is 0.343. The second-order valence-electron chi connectivity index (χ2n) is 6.42. The van der Waals surface area contributed by atoms with E-state index in [-0.39, 0.29) is 19.6 Å². The summed E-state index contributed by atoms with van der Waals surface area (Å²) in [6.07, 6.45) is 0.230. The number of carbonyl (C=O) groups is 2. The molecule has 0 N–H and O–H groups in total. The second kappa shape index (κ2) is 9.29. The van der Waals surface area contributed by atoms with Gasteiger partial charge in [0.1, 0.15) is 8.07 Å². The van der Waals surface area contributed by atoms with E-state index in [2.05, 4.69) is 31.1 Å². The van der Waals surface area contributed by atoms with Gasteiger partial charge in [0.2, 0.25) is 0 Å². The summed E-state index contributed by atoms with van der Waals surface area (Å²) in [6.45, 7) is 10.4. The largest absolute Gasteiger partial charge is 0.465 e. The lowest BCUT2D eigenvalue weighted by molar-refractivity contribution is -0.161. The van der Waals surface area contributed by atoms with Crippen molar-refractivity contribution in [2.75, 3.05) is 13.2 Å². The Bertz CT molecular complexity index is 617. The van der Waals surface area contributed by atoms with Crippen LogP contribution in [0.3, 0.4) is 0 Å². The van der Waals surface area contributed by atoms with Crippen LogP contribution < -0.4 is 0 Å². The number of ether oxygens (including phenoxy) is 2. The highest BCUT2D eigenvalue weighted by atomic mass is 28.3. The van der Waals surface area contributed by atoms with Gasteiger partial charge in [-0.1, -0.05) is 43.8 Å². The molecule has 0 saturated heterocycles. The third-order valence-corrected chi connectivity index (χ3v) is 4.03. The molecule has 1 aromatic rings. The molecule has 0 saturated carbocycles. The zero-order valence-corrected chi connectivity index (χ0v) is 16.1. The molecule has 0 radical (unpaired) electrons. The van der Waals surface area contributed by atoms with Crippen LogP contribution in [0.25, 0.3) is 0 Å². The Morgan fingerprint density at radius 1 is 1.04 bits per heavy atom. The molecule has 0 heterocycles. The van der Waals surface area contributed by atoms with Crippen molar-refractivity contribution < 1.29 is 19.1 Å². The van der Waals surface area contributed by atoms with Crippen molar-refractivity contribution in [1.82, 2.24) is 0 Å². The molecule has 0 atom stereocenters. The van der Waals surface area contributed by atoms with E-state index in [0.29, 0.717) is 0 Å². The minimum absolute atomic E-state index is 0.228. The molecule has 5 heteroatoms. The van der Waals surface area contributed by atoms with E-state index in [1.165, 1.54) is 0 Å². The third kappa shape index (κ3) is 6.59. The number of hydrogen-bond donors (Lipinski definition) is 0. The molecule has 0 spiro atoms. The molecule has 4 nitrogen and oxygen atoms in total. The van der Waals surface area contributed by atoms with Gasteiger partial charge >= 0.3 is 11.9 Å². The van der Waals surface area contributed by atoms with Gasteiger partial charge in [0.05, 0.1) is 13.2 Å². The first-order valence-electron chi connectivity index (χ1n) is 8.22. The van der Waals surface area contributed by atoms with Gasteiger partial charge in [0, 0.05) is 5.56 Å². The van der Waals surface area contributed by atoms with Crippen molar-refractivity contribution in [2.24, 2.45) is 5.92 Å². The number of hydrogen-bond acceptors (Lipinski definition) is 4. The number of esters is 2. The van der Waals surface area contributed by atoms with Crippen molar-refractivity contribution in [3.63, 3.8) is 0 Å². The highest BCUT2D eigenvalue weighted by Gasteiger charge is 2.30. The molecule has 0 bridgehead atoms. The van der Waals surface area contributed by atoms with Gasteiger partial charge in [-0.2, -0.15) is 0 Å². The smallest absolute Gasteiger partial charge is 0.320 e. The van der Waals surface area contributed by atoms with Crippen LogP contribution >= 0.6 is 0 Å². The zero-order valence-electron chi connectivity index (χ0n) is 15.1. The fraction of sp³-hybridized carbons (Fsp3) is 0.474. The Labute approximate surface area is 145 Å². The Balaban J connectivity index is 3.11. The van der Waals surface area contributed by atoms with Gasteiger partial charge in [-0.05, 0) is 31.9 Å². The highest BCUT2D eigenvalue weighted by Crippen LogP contribution is 2.17. The molecule has 0 amide bonds. The topological polar surface area (TPSA) is 52.6 Å². The lowest BCUT2D eigenvalue weighted by atomic mass is 9.96. The lowest BCUT2D eigenvalue weighted by Gasteiger charge is -2.15. The SMILES string of the molecule is CCOC(=O)C(Cc1ccccc1C#C[Si](C)(C)C)C(=O)OCC. The summed E-state index contributed by atoms with van der Waals surface area (Å²) >= 11 is 0. The summed E-state index contributed by atoms with van der Waals surface area (Å²) in [4.78, 5) is 24.3. The van der Waals surface area contributed by atoms with Crippen molar-refractivity contribution >= 4 is 20.0 Å². The fourth-order valence-electron chi connectivity index (χ4n) is 2.04. The maximum atomic E-state index is 12.1. The van der Waals surface area contributed by atoms with Crippen LogP contribution in [0.5, 0.6) is 0 Å². The number of rotatable bonds is 6. The molecule has 0 aromatic heterocycles. The summed E-state index contributed by atoms with van der Waals surface area (Å²) < 4.78 is 10.1. The number of benzene rings is 1. The molecule has 24 heavy (non-hydrogen) atoms. The van der Waals surface area contributed by atoms with E-state index in [0.717, 1.165) is 11.1 Å². The van der Waals surface area contributed by atoms with Gasteiger partial charge in [-0.25, -0.2) is 0 Å². The van der Waals surface area contributed by atoms with E-state index >= 15 is 0 Å². The molecule has 0 fully saturated rings. The Hall–Kier alpha value is -2.06. The van der Waals surface area contributed by atoms with E-state index in [4.69, 9.17) is 9.47 Å². The Morgan fingerprint density at radius 3 is 2.08 bits per heavy atom. The first kappa shape index (κ1) is 20.0. The predicted octanol–water partition coefficient (Wildman–Crippen LogP) is 3.20. The highest BCUT2D eigenvalue weighted by molar-refractivity contribution is 6.83. The lowest BCUT2D eigenvalue weighted by Crippen LogP contribution is -2.30. The second-order valence-corrected chi connectivity index (χ2v) is 11.2. The summed E-state index contributed by atoms with van der Waals surface area (Å²) in [5.41, 5.74) is 5.02. The average molecular weight is 346 g/mol. The molecule has 0 aliphatic carbocycles. The molecule has 130 valence electrons. The van der Waals surface area contributed by atoms with E-state index in [9.17, 15) is 9.59 Å². The zero-order chi connectivity index (χ0) is 18.2. The molecule has 0 aliphatic heterocycles. The van der Waals surface area contributed by atoms with Gasteiger partial charge in [-0.15, -0.1) is 5.54 Å². The van der Waals surface area contributed by atoms with E-state index in [1.807, 2.05) is 24.3 Å². The number of carbonyl (C=O) groups excluding carboxylic acids is 2. The summed E-state index contributed by atoms with van der Waals surface area (Å²) in [5, 5.41) is 0. The van der Waals surface area contributed by atoms with Gasteiger partial charge in [0.25, 0.3) is 0 Å². The van der Waals surface area contributed by atoms with Crippen LogP contribution in [0.4, 0.5) is 0 Å². The normalized spacial score (nSPS) is 10.8. The van der Waals surface area contributed by atoms with Crippen LogP contribution in [-0.4, -0.2) is 33.2 Å². The maximum absolute atomic E-state index is 12.1. The standard InChI is InChI=1S/C19H26O4Si/c1-6-22-18(20)17(19(21)23-7-2)14-16-11-9-8-10-15(16)12-13-24(3,4)5/h8-11,17H,6-7,14H2,1-5H3. The van der Waals surface area contributed by atoms with Gasteiger partial charge in [-0.3, -0.25) is 9.59 Å². The summed E-state index contributed by atoms with van der Waals surface area (Å²) in [7, 11) is -1.52. The third-order valence-electron chi connectivity index (χ3n) is 3.16. The van der Waals surface area contributed by atoms with Crippen LogP contribution in [0.15, 0.2) is 24.3 Å². The van der Waals surface area contributed by atoms with Crippen molar-refractivity contribution in [3.05, 3.63) is 35.4 Å². The van der Waals surface area contributed by atoms with Crippen molar-refractivity contribution in [1.29, 1.82) is 0 Å². The molecular weight excluding hydrogens is 320 g/mol. The molecule has 1 aromatic carbocycles. The maximum Gasteiger partial charge on any atom is 0.320 e. The van der Waals surface area contributed by atoms with Crippen molar-refractivity contribution in [2.45, 2.75) is 39.9 Å². The van der Waals surface area contributed by atoms with Crippen LogP contribution in [-0.2, 0) is 25.5 Å². The molecular formula is C19H26O4Si. The summed E-state index contributed by atoms with van der Waals surface area (Å²) in [6, 6.07) is 7.58. The average Bonchev–Trinajstić information content (AvgIpc) is 2.51.